The summed E-state index contributed by atoms with van der Waals surface area (Å²) in [6, 6.07) is 7.48. The van der Waals surface area contributed by atoms with Crippen molar-refractivity contribution in [3.8, 4) is 16.3 Å². The highest BCUT2D eigenvalue weighted by atomic mass is 35.5. The Balaban J connectivity index is 1.37. The molecule has 0 saturated heterocycles. The smallest absolute Gasteiger partial charge is 0.313 e. The van der Waals surface area contributed by atoms with Crippen LogP contribution in [0.15, 0.2) is 40.4 Å². The predicted octanol–water partition coefficient (Wildman–Crippen LogP) is 4.82. The zero-order chi connectivity index (χ0) is 17.2. The van der Waals surface area contributed by atoms with Gasteiger partial charge in [-0.2, -0.15) is 11.3 Å². The molecule has 0 fully saturated rings. The second-order valence-electron chi connectivity index (χ2n) is 5.73. The van der Waals surface area contributed by atoms with Crippen LogP contribution in [0.4, 0.5) is 0 Å². The van der Waals surface area contributed by atoms with Gasteiger partial charge in [-0.15, -0.1) is 11.3 Å². The molecule has 2 aromatic heterocycles. The molecular formula is C18H14ClNO3S2. The fourth-order valence-electron chi connectivity index (χ4n) is 2.67. The number of halogens is 1. The Bertz CT molecular complexity index is 892. The number of benzene rings is 1. The zero-order valence-corrected chi connectivity index (χ0v) is 15.5. The molecule has 0 aliphatic carbocycles. The molecule has 1 aliphatic rings. The molecule has 25 heavy (non-hydrogen) atoms. The first kappa shape index (κ1) is 16.6. The number of hydrogen-bond donors (Lipinski definition) is 0. The van der Waals surface area contributed by atoms with E-state index in [4.69, 9.17) is 21.1 Å². The van der Waals surface area contributed by atoms with Gasteiger partial charge in [0.25, 0.3) is 0 Å². The van der Waals surface area contributed by atoms with Crippen LogP contribution in [-0.2, 0) is 22.6 Å². The molecule has 3 heterocycles. The maximum absolute atomic E-state index is 12.3. The summed E-state index contributed by atoms with van der Waals surface area (Å²) in [5.74, 6) is 0.199. The van der Waals surface area contributed by atoms with E-state index in [1.165, 1.54) is 0 Å². The lowest BCUT2D eigenvalue weighted by Gasteiger charge is -2.24. The summed E-state index contributed by atoms with van der Waals surface area (Å²) < 4.78 is 11.1. The Hall–Kier alpha value is -1.89. The molecular weight excluding hydrogens is 378 g/mol. The highest BCUT2D eigenvalue weighted by Crippen LogP contribution is 2.30. The van der Waals surface area contributed by atoms with Gasteiger partial charge in [0.1, 0.15) is 24.0 Å². The number of nitrogens with zero attached hydrogens (tertiary/aromatic N) is 1. The van der Waals surface area contributed by atoms with E-state index < -0.39 is 0 Å². The minimum Gasteiger partial charge on any atom is -0.492 e. The van der Waals surface area contributed by atoms with Crippen molar-refractivity contribution in [3.05, 3.63) is 56.7 Å². The predicted molar refractivity (Wildman–Crippen MR) is 99.4 cm³/mol. The molecule has 4 rings (SSSR count). The number of aromatic nitrogens is 1. The topological polar surface area (TPSA) is 48.4 Å². The van der Waals surface area contributed by atoms with Crippen molar-refractivity contribution in [1.82, 2.24) is 4.98 Å². The Morgan fingerprint density at radius 3 is 3.12 bits per heavy atom. The van der Waals surface area contributed by atoms with Gasteiger partial charge in [-0.05, 0) is 41.6 Å². The summed E-state index contributed by atoms with van der Waals surface area (Å²) in [7, 11) is 0. The van der Waals surface area contributed by atoms with Crippen molar-refractivity contribution < 1.29 is 14.3 Å². The molecule has 7 heteroatoms. The van der Waals surface area contributed by atoms with Crippen LogP contribution in [0.5, 0.6) is 5.75 Å². The monoisotopic (exact) mass is 391 g/mol. The molecule has 0 saturated carbocycles. The minimum absolute atomic E-state index is 0.179. The van der Waals surface area contributed by atoms with E-state index in [1.54, 1.807) is 28.7 Å². The van der Waals surface area contributed by atoms with Gasteiger partial charge in [-0.25, -0.2) is 4.98 Å². The summed E-state index contributed by atoms with van der Waals surface area (Å²) in [4.78, 5) is 16.9. The second-order valence-corrected chi connectivity index (χ2v) is 7.80. The lowest BCUT2D eigenvalue weighted by Crippen LogP contribution is -2.29. The second kappa shape index (κ2) is 7.15. The van der Waals surface area contributed by atoms with E-state index in [1.807, 2.05) is 29.0 Å². The normalized spacial score (nSPS) is 16.1. The molecule has 0 amide bonds. The number of fused-ring (bicyclic) bond motifs is 1. The van der Waals surface area contributed by atoms with Gasteiger partial charge in [-0.3, -0.25) is 4.79 Å². The van der Waals surface area contributed by atoms with E-state index in [9.17, 15) is 4.79 Å². The SMILES string of the molecule is O=C(OCc1csc(-c2ccsc2)n1)[C@H]1COc2ccc(Cl)cc2C1. The molecule has 0 radical (unpaired) electrons. The molecule has 0 bridgehead atoms. The fourth-order valence-corrected chi connectivity index (χ4v) is 4.38. The van der Waals surface area contributed by atoms with Crippen LogP contribution in [0, 0.1) is 5.92 Å². The molecule has 128 valence electrons. The van der Waals surface area contributed by atoms with Gasteiger partial charge < -0.3 is 9.47 Å². The Kier molecular flexibility index (Phi) is 4.74. The first-order valence-electron chi connectivity index (χ1n) is 7.74. The summed E-state index contributed by atoms with van der Waals surface area (Å²) in [5.41, 5.74) is 2.80. The third-order valence-electron chi connectivity index (χ3n) is 3.94. The van der Waals surface area contributed by atoms with Crippen molar-refractivity contribution in [2.24, 2.45) is 5.92 Å². The van der Waals surface area contributed by atoms with E-state index >= 15 is 0 Å². The Labute approximate surface area is 158 Å². The maximum atomic E-state index is 12.3. The van der Waals surface area contributed by atoms with Crippen LogP contribution < -0.4 is 4.74 Å². The van der Waals surface area contributed by atoms with E-state index in [2.05, 4.69) is 10.4 Å². The highest BCUT2D eigenvalue weighted by molar-refractivity contribution is 7.14. The molecule has 3 aromatic rings. The van der Waals surface area contributed by atoms with Crippen molar-refractivity contribution in [2.45, 2.75) is 13.0 Å². The minimum atomic E-state index is -0.319. The highest BCUT2D eigenvalue weighted by Gasteiger charge is 2.27. The number of rotatable bonds is 4. The standard InChI is InChI=1S/C18H14ClNO3S2/c19-14-1-2-16-12(6-14)5-13(7-22-16)18(21)23-8-15-10-25-17(20-15)11-3-4-24-9-11/h1-4,6,9-10,13H,5,7-8H2/t13-/m1/s1. The van der Waals surface area contributed by atoms with E-state index in [0.29, 0.717) is 18.1 Å². The summed E-state index contributed by atoms with van der Waals surface area (Å²) >= 11 is 9.20. The molecule has 1 aliphatic heterocycles. The van der Waals surface area contributed by atoms with Gasteiger partial charge in [0.15, 0.2) is 0 Å². The molecule has 0 N–H and O–H groups in total. The first-order chi connectivity index (χ1) is 12.2. The summed E-state index contributed by atoms with van der Waals surface area (Å²) in [6.07, 6.45) is 0.575. The zero-order valence-electron chi connectivity index (χ0n) is 13.1. The number of thiophene rings is 1. The van der Waals surface area contributed by atoms with E-state index in [0.717, 1.165) is 27.6 Å². The van der Waals surface area contributed by atoms with Crippen LogP contribution in [0.1, 0.15) is 11.3 Å². The van der Waals surface area contributed by atoms with E-state index in [-0.39, 0.29) is 18.5 Å². The van der Waals surface area contributed by atoms with Gasteiger partial charge in [0.2, 0.25) is 0 Å². The summed E-state index contributed by atoms with van der Waals surface area (Å²) in [6.45, 7) is 0.503. The van der Waals surface area contributed by atoms with Gasteiger partial charge in [0.05, 0.1) is 11.6 Å². The Morgan fingerprint density at radius 2 is 2.28 bits per heavy atom. The molecule has 0 spiro atoms. The third-order valence-corrected chi connectivity index (χ3v) is 5.80. The van der Waals surface area contributed by atoms with Crippen molar-refractivity contribution >= 4 is 40.2 Å². The quantitative estimate of drug-likeness (QED) is 0.598. The average molecular weight is 392 g/mol. The maximum Gasteiger partial charge on any atom is 0.313 e. The number of hydrogen-bond acceptors (Lipinski definition) is 6. The number of esters is 1. The third kappa shape index (κ3) is 3.71. The number of thiazole rings is 1. The molecule has 4 nitrogen and oxygen atoms in total. The van der Waals surface area contributed by atoms with Crippen LogP contribution in [-0.4, -0.2) is 17.6 Å². The fraction of sp³-hybridized carbons (Fsp3) is 0.222. The average Bonchev–Trinajstić information content (AvgIpc) is 3.30. The van der Waals surface area contributed by atoms with Crippen LogP contribution in [0.3, 0.4) is 0 Å². The van der Waals surface area contributed by atoms with Crippen LogP contribution >= 0.6 is 34.3 Å². The molecule has 1 aromatic carbocycles. The largest absolute Gasteiger partial charge is 0.492 e. The first-order valence-corrected chi connectivity index (χ1v) is 9.94. The number of carbonyl (C=O) groups excluding carboxylic acids is 1. The number of ether oxygens (including phenoxy) is 2. The Morgan fingerprint density at radius 1 is 1.36 bits per heavy atom. The van der Waals surface area contributed by atoms with Crippen LogP contribution in [0.2, 0.25) is 5.02 Å². The molecule has 1 atom stereocenters. The van der Waals surface area contributed by atoms with Crippen LogP contribution in [0.25, 0.3) is 10.6 Å². The van der Waals surface area contributed by atoms with Crippen molar-refractivity contribution in [1.29, 1.82) is 0 Å². The lowest BCUT2D eigenvalue weighted by molar-refractivity contribution is -0.151. The summed E-state index contributed by atoms with van der Waals surface area (Å²) in [5, 5.41) is 7.57. The number of carbonyl (C=O) groups is 1. The lowest BCUT2D eigenvalue weighted by atomic mass is 9.97. The van der Waals surface area contributed by atoms with Gasteiger partial charge in [0, 0.05) is 21.3 Å². The van der Waals surface area contributed by atoms with Crippen molar-refractivity contribution in [3.63, 3.8) is 0 Å². The molecule has 0 unspecified atom stereocenters. The van der Waals surface area contributed by atoms with Gasteiger partial charge in [-0.1, -0.05) is 11.6 Å². The van der Waals surface area contributed by atoms with Gasteiger partial charge >= 0.3 is 5.97 Å². The van der Waals surface area contributed by atoms with Crippen molar-refractivity contribution in [2.75, 3.05) is 6.61 Å².